The highest BCUT2D eigenvalue weighted by molar-refractivity contribution is 5.92. The van der Waals surface area contributed by atoms with Gasteiger partial charge in [0.1, 0.15) is 5.82 Å². The zero-order valence-corrected chi connectivity index (χ0v) is 12.8. The molecule has 0 saturated carbocycles. The van der Waals surface area contributed by atoms with Crippen LogP contribution in [0.3, 0.4) is 0 Å². The minimum atomic E-state index is -0.624. The van der Waals surface area contributed by atoms with E-state index in [1.54, 1.807) is 11.0 Å². The van der Waals surface area contributed by atoms with Crippen LogP contribution in [0, 0.1) is 15.9 Å². The number of hydrogen-bond acceptors (Lipinski definition) is 5. The molecule has 0 spiro atoms. The van der Waals surface area contributed by atoms with Crippen LogP contribution < -0.4 is 0 Å². The van der Waals surface area contributed by atoms with E-state index < -0.39 is 4.92 Å². The van der Waals surface area contributed by atoms with Crippen molar-refractivity contribution in [3.63, 3.8) is 0 Å². The van der Waals surface area contributed by atoms with Crippen molar-refractivity contribution in [2.24, 2.45) is 0 Å². The molecule has 126 valence electrons. The molecule has 0 aliphatic carbocycles. The number of rotatable bonds is 4. The van der Waals surface area contributed by atoms with Crippen LogP contribution in [0.15, 0.2) is 30.3 Å². The van der Waals surface area contributed by atoms with Crippen LogP contribution in [0.1, 0.15) is 16.1 Å². The lowest BCUT2D eigenvalue weighted by molar-refractivity contribution is -0.389. The van der Waals surface area contributed by atoms with Gasteiger partial charge >= 0.3 is 5.82 Å². The first kappa shape index (κ1) is 16.1. The third-order valence-corrected chi connectivity index (χ3v) is 3.93. The predicted octanol–water partition coefficient (Wildman–Crippen LogP) is 1.41. The number of carbonyl (C=O) groups is 1. The number of carbonyl (C=O) groups excluding carboxylic acids is 1. The number of halogens is 1. The number of aromatic amines is 1. The van der Waals surface area contributed by atoms with Crippen molar-refractivity contribution in [1.29, 1.82) is 0 Å². The Morgan fingerprint density at radius 2 is 2.04 bits per heavy atom. The molecule has 24 heavy (non-hydrogen) atoms. The van der Waals surface area contributed by atoms with Gasteiger partial charge in [-0.25, -0.2) is 4.39 Å². The Hall–Kier alpha value is -2.81. The van der Waals surface area contributed by atoms with Crippen molar-refractivity contribution >= 4 is 11.7 Å². The van der Waals surface area contributed by atoms with Gasteiger partial charge in [-0.2, -0.15) is 0 Å². The van der Waals surface area contributed by atoms with Crippen molar-refractivity contribution in [3.8, 4) is 0 Å². The van der Waals surface area contributed by atoms with E-state index in [-0.39, 0.29) is 23.2 Å². The molecule has 1 fully saturated rings. The average molecular weight is 333 g/mol. The van der Waals surface area contributed by atoms with E-state index in [4.69, 9.17) is 0 Å². The standard InChI is InChI=1S/C15H16FN5O3/c16-12-3-1-2-11(8-12)10-19-4-6-20(7-5-19)15(22)13-9-14(18-17-13)21(23)24/h1-3,8-9H,4-7,10H2,(H,17,18). The second-order valence-corrected chi connectivity index (χ2v) is 5.59. The quantitative estimate of drug-likeness (QED) is 0.674. The first-order chi connectivity index (χ1) is 11.5. The summed E-state index contributed by atoms with van der Waals surface area (Å²) in [5.74, 6) is -0.894. The summed E-state index contributed by atoms with van der Waals surface area (Å²) in [5, 5.41) is 16.6. The van der Waals surface area contributed by atoms with Crippen LogP contribution in [0.2, 0.25) is 0 Å². The minimum absolute atomic E-state index is 0.0419. The molecule has 0 radical (unpaired) electrons. The summed E-state index contributed by atoms with van der Waals surface area (Å²) in [4.78, 5) is 26.0. The molecule has 2 heterocycles. The molecular weight excluding hydrogens is 317 g/mol. The average Bonchev–Trinajstić information content (AvgIpc) is 3.05. The summed E-state index contributed by atoms with van der Waals surface area (Å²) >= 11 is 0. The smallest absolute Gasteiger partial charge is 0.343 e. The van der Waals surface area contributed by atoms with Crippen LogP contribution in [0.25, 0.3) is 0 Å². The zero-order valence-electron chi connectivity index (χ0n) is 12.8. The monoisotopic (exact) mass is 333 g/mol. The molecule has 8 nitrogen and oxygen atoms in total. The van der Waals surface area contributed by atoms with Gasteiger partial charge in [-0.1, -0.05) is 17.2 Å². The van der Waals surface area contributed by atoms with Gasteiger partial charge in [0, 0.05) is 32.7 Å². The van der Waals surface area contributed by atoms with Crippen molar-refractivity contribution in [1.82, 2.24) is 20.0 Å². The first-order valence-corrected chi connectivity index (χ1v) is 7.49. The fourth-order valence-electron chi connectivity index (χ4n) is 2.68. The Morgan fingerprint density at radius 3 is 2.67 bits per heavy atom. The minimum Gasteiger partial charge on any atom is -0.358 e. The number of aromatic nitrogens is 2. The van der Waals surface area contributed by atoms with Gasteiger partial charge in [0.15, 0.2) is 5.69 Å². The highest BCUT2D eigenvalue weighted by atomic mass is 19.1. The number of nitrogens with one attached hydrogen (secondary N) is 1. The molecule has 3 rings (SSSR count). The lowest BCUT2D eigenvalue weighted by atomic mass is 10.2. The van der Waals surface area contributed by atoms with Gasteiger partial charge < -0.3 is 15.0 Å². The van der Waals surface area contributed by atoms with Crippen molar-refractivity contribution in [2.45, 2.75) is 6.54 Å². The SMILES string of the molecule is O=C(c1cc([N+](=O)[O-])[nH]n1)N1CCN(Cc2cccc(F)c2)CC1. The number of nitrogens with zero attached hydrogens (tertiary/aromatic N) is 4. The maximum Gasteiger partial charge on any atom is 0.343 e. The molecule has 1 saturated heterocycles. The Labute approximate surface area is 137 Å². The van der Waals surface area contributed by atoms with E-state index in [9.17, 15) is 19.3 Å². The molecule has 2 aromatic rings. The molecule has 1 aromatic heterocycles. The number of amides is 1. The Kier molecular flexibility index (Phi) is 4.52. The highest BCUT2D eigenvalue weighted by Gasteiger charge is 2.25. The summed E-state index contributed by atoms with van der Waals surface area (Å²) < 4.78 is 13.2. The zero-order chi connectivity index (χ0) is 17.1. The molecule has 9 heteroatoms. The largest absolute Gasteiger partial charge is 0.358 e. The predicted molar refractivity (Wildman–Crippen MR) is 82.8 cm³/mol. The van der Waals surface area contributed by atoms with E-state index in [1.807, 2.05) is 6.07 Å². The molecule has 0 unspecified atom stereocenters. The Bertz CT molecular complexity index is 755. The van der Waals surface area contributed by atoms with Crippen LogP contribution >= 0.6 is 0 Å². The summed E-state index contributed by atoms with van der Waals surface area (Å²) in [6, 6.07) is 7.59. The number of nitro groups is 1. The molecule has 1 amide bonds. The summed E-state index contributed by atoms with van der Waals surface area (Å²) in [6.07, 6.45) is 0. The van der Waals surface area contributed by atoms with E-state index >= 15 is 0 Å². The van der Waals surface area contributed by atoms with Crippen LogP contribution in [-0.4, -0.2) is 57.0 Å². The number of benzene rings is 1. The number of hydrogen-bond donors (Lipinski definition) is 1. The molecule has 1 aromatic carbocycles. The summed E-state index contributed by atoms with van der Waals surface area (Å²) in [6.45, 7) is 2.90. The molecular formula is C15H16FN5O3. The lowest BCUT2D eigenvalue weighted by Crippen LogP contribution is -2.48. The van der Waals surface area contributed by atoms with Crippen molar-refractivity contribution < 1.29 is 14.1 Å². The van der Waals surface area contributed by atoms with Crippen molar-refractivity contribution in [2.75, 3.05) is 26.2 Å². The second-order valence-electron chi connectivity index (χ2n) is 5.59. The van der Waals surface area contributed by atoms with E-state index in [0.717, 1.165) is 11.6 Å². The van der Waals surface area contributed by atoms with Gasteiger partial charge in [-0.3, -0.25) is 9.69 Å². The van der Waals surface area contributed by atoms with Gasteiger partial charge in [0.05, 0.1) is 6.07 Å². The number of piperazine rings is 1. The molecule has 1 aliphatic heterocycles. The fraction of sp³-hybridized carbons (Fsp3) is 0.333. The maximum absolute atomic E-state index is 13.2. The van der Waals surface area contributed by atoms with Crippen LogP contribution in [0.5, 0.6) is 0 Å². The second kappa shape index (κ2) is 6.75. The third-order valence-electron chi connectivity index (χ3n) is 3.93. The summed E-state index contributed by atoms with van der Waals surface area (Å²) in [5.41, 5.74) is 0.929. The molecule has 0 bridgehead atoms. The Morgan fingerprint density at radius 1 is 1.29 bits per heavy atom. The first-order valence-electron chi connectivity index (χ1n) is 7.49. The van der Waals surface area contributed by atoms with Gasteiger partial charge in [-0.15, -0.1) is 5.10 Å². The lowest BCUT2D eigenvalue weighted by Gasteiger charge is -2.34. The normalized spacial score (nSPS) is 15.5. The summed E-state index contributed by atoms with van der Waals surface area (Å²) in [7, 11) is 0. The van der Waals surface area contributed by atoms with E-state index in [1.165, 1.54) is 12.1 Å². The number of H-pyrrole nitrogens is 1. The van der Waals surface area contributed by atoms with Gasteiger partial charge in [0.25, 0.3) is 5.91 Å². The van der Waals surface area contributed by atoms with Gasteiger partial charge in [0.2, 0.25) is 0 Å². The van der Waals surface area contributed by atoms with E-state index in [2.05, 4.69) is 15.1 Å². The van der Waals surface area contributed by atoms with Crippen molar-refractivity contribution in [3.05, 3.63) is 57.5 Å². The topological polar surface area (TPSA) is 95.4 Å². The Balaban J connectivity index is 1.56. The van der Waals surface area contributed by atoms with Gasteiger partial charge in [-0.05, 0) is 22.6 Å². The molecule has 1 aliphatic rings. The van der Waals surface area contributed by atoms with Crippen LogP contribution in [-0.2, 0) is 6.54 Å². The molecule has 0 atom stereocenters. The highest BCUT2D eigenvalue weighted by Crippen LogP contribution is 2.14. The van der Waals surface area contributed by atoms with Crippen LogP contribution in [0.4, 0.5) is 10.2 Å². The van der Waals surface area contributed by atoms with E-state index in [0.29, 0.717) is 32.7 Å². The molecule has 1 N–H and O–H groups in total. The third kappa shape index (κ3) is 3.57. The maximum atomic E-state index is 13.2. The fourth-order valence-corrected chi connectivity index (χ4v) is 2.68.